The zero-order chi connectivity index (χ0) is 18.9. The highest BCUT2D eigenvalue weighted by Gasteiger charge is 2.25. The number of benzene rings is 1. The number of rotatable bonds is 8. The van der Waals surface area contributed by atoms with E-state index in [2.05, 4.69) is 40.9 Å². The van der Waals surface area contributed by atoms with Crippen molar-refractivity contribution in [1.29, 1.82) is 0 Å². The van der Waals surface area contributed by atoms with Gasteiger partial charge in [-0.2, -0.15) is 0 Å². The summed E-state index contributed by atoms with van der Waals surface area (Å²) in [4.78, 5) is 9.44. The zero-order valence-electron chi connectivity index (χ0n) is 16.3. The van der Waals surface area contributed by atoms with Crippen LogP contribution < -0.4 is 5.32 Å². The van der Waals surface area contributed by atoms with E-state index in [0.717, 1.165) is 51.3 Å². The van der Waals surface area contributed by atoms with Crippen molar-refractivity contribution >= 4 is 5.96 Å². The van der Waals surface area contributed by atoms with Crippen LogP contribution in [0.2, 0.25) is 0 Å². The Morgan fingerprint density at radius 3 is 2.69 bits per heavy atom. The highest BCUT2D eigenvalue weighted by atomic mass is 19.1. The lowest BCUT2D eigenvalue weighted by molar-refractivity contribution is 0.255. The maximum Gasteiger partial charge on any atom is 0.193 e. The Balaban J connectivity index is 1.92. The molecule has 4 nitrogen and oxygen atoms in total. The van der Waals surface area contributed by atoms with Crippen LogP contribution in [0, 0.1) is 17.6 Å². The second kappa shape index (κ2) is 10.5. The number of guanidine groups is 1. The number of aliphatic imine (C=N–C) groups is 1. The summed E-state index contributed by atoms with van der Waals surface area (Å²) in [5.74, 6) is 0.524. The van der Waals surface area contributed by atoms with Crippen LogP contribution in [0.15, 0.2) is 23.2 Å². The van der Waals surface area contributed by atoms with Gasteiger partial charge in [0.2, 0.25) is 0 Å². The van der Waals surface area contributed by atoms with Crippen molar-refractivity contribution in [1.82, 2.24) is 15.1 Å². The Labute approximate surface area is 156 Å². The molecule has 1 aromatic rings. The highest BCUT2D eigenvalue weighted by Crippen LogP contribution is 2.18. The van der Waals surface area contributed by atoms with Crippen LogP contribution in [-0.2, 0) is 6.42 Å². The average Bonchev–Trinajstić information content (AvgIpc) is 3.09. The second-order valence-electron chi connectivity index (χ2n) is 6.81. The van der Waals surface area contributed by atoms with E-state index in [1.807, 2.05) is 0 Å². The number of nitrogens with zero attached hydrogens (tertiary/aromatic N) is 3. The van der Waals surface area contributed by atoms with Crippen LogP contribution in [0.25, 0.3) is 0 Å². The van der Waals surface area contributed by atoms with E-state index in [-0.39, 0.29) is 0 Å². The van der Waals surface area contributed by atoms with Gasteiger partial charge in [-0.3, -0.25) is 4.99 Å². The van der Waals surface area contributed by atoms with Crippen LogP contribution in [0.5, 0.6) is 0 Å². The van der Waals surface area contributed by atoms with Gasteiger partial charge in [0.1, 0.15) is 11.6 Å². The molecule has 0 amide bonds. The number of nitrogens with one attached hydrogen (secondary N) is 1. The molecule has 6 heteroatoms. The van der Waals surface area contributed by atoms with E-state index in [1.54, 1.807) is 0 Å². The van der Waals surface area contributed by atoms with Crippen molar-refractivity contribution in [3.05, 3.63) is 35.4 Å². The molecule has 1 atom stereocenters. The monoisotopic (exact) mass is 366 g/mol. The largest absolute Gasteiger partial charge is 0.357 e. The van der Waals surface area contributed by atoms with Gasteiger partial charge in [-0.25, -0.2) is 8.78 Å². The van der Waals surface area contributed by atoms with Gasteiger partial charge in [-0.05, 0) is 50.4 Å². The van der Waals surface area contributed by atoms with Crippen LogP contribution in [0.4, 0.5) is 8.78 Å². The Morgan fingerprint density at radius 1 is 1.27 bits per heavy atom. The molecule has 1 aliphatic heterocycles. The van der Waals surface area contributed by atoms with Crippen molar-refractivity contribution in [2.45, 2.75) is 33.6 Å². The lowest BCUT2D eigenvalue weighted by atomic mass is 10.1. The summed E-state index contributed by atoms with van der Waals surface area (Å²) in [6.45, 7) is 13.1. The summed E-state index contributed by atoms with van der Waals surface area (Å²) in [6, 6.07) is 3.73. The zero-order valence-corrected chi connectivity index (χ0v) is 16.3. The molecule has 0 aliphatic carbocycles. The van der Waals surface area contributed by atoms with E-state index >= 15 is 0 Å². The van der Waals surface area contributed by atoms with Gasteiger partial charge in [0, 0.05) is 38.8 Å². The van der Waals surface area contributed by atoms with Gasteiger partial charge in [0.15, 0.2) is 5.96 Å². The van der Waals surface area contributed by atoms with Crippen molar-refractivity contribution in [3.63, 3.8) is 0 Å². The Kier molecular flexibility index (Phi) is 8.29. The van der Waals surface area contributed by atoms with Crippen LogP contribution >= 0.6 is 0 Å². The second-order valence-corrected chi connectivity index (χ2v) is 6.81. The Morgan fingerprint density at radius 2 is 2.04 bits per heavy atom. The predicted octanol–water partition coefficient (Wildman–Crippen LogP) is 3.14. The number of halogens is 2. The first kappa shape index (κ1) is 20.6. The smallest absolute Gasteiger partial charge is 0.193 e. The van der Waals surface area contributed by atoms with Crippen molar-refractivity contribution in [2.75, 3.05) is 45.8 Å². The summed E-state index contributed by atoms with van der Waals surface area (Å²) < 4.78 is 26.7. The summed E-state index contributed by atoms with van der Waals surface area (Å²) in [5.41, 5.74) is 0.506. The van der Waals surface area contributed by atoms with Crippen molar-refractivity contribution in [3.8, 4) is 0 Å². The molecule has 0 aromatic heterocycles. The summed E-state index contributed by atoms with van der Waals surface area (Å²) in [7, 11) is 0. The minimum Gasteiger partial charge on any atom is -0.357 e. The van der Waals surface area contributed by atoms with Crippen LogP contribution in [0.1, 0.15) is 32.8 Å². The molecule has 2 rings (SSSR count). The molecule has 26 heavy (non-hydrogen) atoms. The topological polar surface area (TPSA) is 30.9 Å². The molecular formula is C20H32F2N4. The average molecular weight is 367 g/mol. The molecule has 0 bridgehead atoms. The van der Waals surface area contributed by atoms with Gasteiger partial charge < -0.3 is 15.1 Å². The van der Waals surface area contributed by atoms with Gasteiger partial charge >= 0.3 is 0 Å². The summed E-state index contributed by atoms with van der Waals surface area (Å²) >= 11 is 0. The standard InChI is InChI=1S/C20H32F2N4/c1-4-23-20(24-11-9-17-7-8-18(21)13-19(17)22)26-12-10-16(15-26)14-25(5-2)6-3/h7-8,13,16H,4-6,9-12,14-15H2,1-3H3,(H,23,24). The van der Waals surface area contributed by atoms with Crippen molar-refractivity contribution in [2.24, 2.45) is 10.9 Å². The molecule has 1 saturated heterocycles. The molecule has 1 aromatic carbocycles. The highest BCUT2D eigenvalue weighted by molar-refractivity contribution is 5.80. The SMILES string of the molecule is CCNC(=NCCc1ccc(F)cc1F)N1CCC(CN(CC)CC)C1. The third-order valence-corrected chi connectivity index (χ3v) is 4.99. The first-order valence-corrected chi connectivity index (χ1v) is 9.76. The summed E-state index contributed by atoms with van der Waals surface area (Å²) in [6.07, 6.45) is 1.64. The fourth-order valence-electron chi connectivity index (χ4n) is 3.45. The fraction of sp³-hybridized carbons (Fsp3) is 0.650. The number of hydrogen-bond donors (Lipinski definition) is 1. The lowest BCUT2D eigenvalue weighted by Crippen LogP contribution is -2.41. The Hall–Kier alpha value is -1.69. The van der Waals surface area contributed by atoms with Gasteiger partial charge in [0.25, 0.3) is 0 Å². The molecule has 1 unspecified atom stereocenters. The lowest BCUT2D eigenvalue weighted by Gasteiger charge is -2.24. The number of hydrogen-bond acceptors (Lipinski definition) is 2. The van der Waals surface area contributed by atoms with E-state index in [9.17, 15) is 8.78 Å². The fourth-order valence-corrected chi connectivity index (χ4v) is 3.45. The summed E-state index contributed by atoms with van der Waals surface area (Å²) in [5, 5.41) is 3.34. The minimum absolute atomic E-state index is 0.470. The molecule has 0 radical (unpaired) electrons. The van der Waals surface area contributed by atoms with Gasteiger partial charge in [-0.15, -0.1) is 0 Å². The van der Waals surface area contributed by atoms with Crippen LogP contribution in [0.3, 0.4) is 0 Å². The molecular weight excluding hydrogens is 334 g/mol. The third kappa shape index (κ3) is 5.94. The number of likely N-dealkylation sites (tertiary alicyclic amines) is 1. The minimum atomic E-state index is -0.542. The van der Waals surface area contributed by atoms with E-state index in [1.165, 1.54) is 18.6 Å². The maximum absolute atomic E-state index is 13.7. The van der Waals surface area contributed by atoms with E-state index in [0.29, 0.717) is 24.4 Å². The molecule has 0 spiro atoms. The maximum atomic E-state index is 13.7. The molecule has 0 saturated carbocycles. The Bertz CT molecular complexity index is 587. The van der Waals surface area contributed by atoms with Gasteiger partial charge in [0.05, 0.1) is 0 Å². The van der Waals surface area contributed by atoms with E-state index < -0.39 is 11.6 Å². The third-order valence-electron chi connectivity index (χ3n) is 4.99. The normalized spacial score (nSPS) is 18.0. The predicted molar refractivity (Wildman–Crippen MR) is 104 cm³/mol. The van der Waals surface area contributed by atoms with E-state index in [4.69, 9.17) is 0 Å². The molecule has 1 N–H and O–H groups in total. The van der Waals surface area contributed by atoms with Gasteiger partial charge in [-0.1, -0.05) is 19.9 Å². The van der Waals surface area contributed by atoms with Crippen LogP contribution in [-0.4, -0.2) is 61.6 Å². The van der Waals surface area contributed by atoms with Crippen molar-refractivity contribution < 1.29 is 8.78 Å². The molecule has 1 aliphatic rings. The molecule has 146 valence electrons. The molecule has 1 heterocycles. The first-order chi connectivity index (χ1) is 12.6. The quantitative estimate of drug-likeness (QED) is 0.566. The molecule has 1 fully saturated rings. The first-order valence-electron chi connectivity index (χ1n) is 9.76.